The fourth-order valence-corrected chi connectivity index (χ4v) is 4.48. The summed E-state index contributed by atoms with van der Waals surface area (Å²) >= 11 is 0. The quantitative estimate of drug-likeness (QED) is 0.498. The highest BCUT2D eigenvalue weighted by atomic mass is 28.4. The number of allylic oxidation sites excluding steroid dienone is 1. The Morgan fingerprint density at radius 3 is 2.12 bits per heavy atom. The SMILES string of the molecule is CC(=CCO[Si](C)(C)C(C)(C)C)c1ccc2c(c1)C(C)(C)CCC2(C)C. The van der Waals surface area contributed by atoms with Crippen LogP contribution in [0.25, 0.3) is 5.57 Å². The Morgan fingerprint density at radius 1 is 1.04 bits per heavy atom. The summed E-state index contributed by atoms with van der Waals surface area (Å²) in [5.74, 6) is 0. The van der Waals surface area contributed by atoms with Crippen molar-refractivity contribution in [1.29, 1.82) is 0 Å². The molecular formula is C24H40OSi. The van der Waals surface area contributed by atoms with E-state index in [1.165, 1.54) is 35.1 Å². The Labute approximate surface area is 163 Å². The highest BCUT2D eigenvalue weighted by molar-refractivity contribution is 6.74. The molecule has 146 valence electrons. The third-order valence-corrected chi connectivity index (χ3v) is 11.4. The maximum Gasteiger partial charge on any atom is 0.192 e. The van der Waals surface area contributed by atoms with Crippen LogP contribution >= 0.6 is 0 Å². The van der Waals surface area contributed by atoms with Gasteiger partial charge in [0, 0.05) is 0 Å². The molecule has 0 radical (unpaired) electrons. The first-order chi connectivity index (χ1) is 11.7. The average Bonchev–Trinajstić information content (AvgIpc) is 2.50. The maximum atomic E-state index is 6.34. The number of rotatable bonds is 4. The Balaban J connectivity index is 2.25. The number of fused-ring (bicyclic) bond motifs is 1. The van der Waals surface area contributed by atoms with Gasteiger partial charge in [-0.15, -0.1) is 0 Å². The molecule has 0 N–H and O–H groups in total. The van der Waals surface area contributed by atoms with Gasteiger partial charge in [-0.1, -0.05) is 72.7 Å². The minimum Gasteiger partial charge on any atom is -0.413 e. The van der Waals surface area contributed by atoms with Crippen molar-refractivity contribution in [2.45, 2.75) is 97.2 Å². The van der Waals surface area contributed by atoms with Crippen LogP contribution in [0.4, 0.5) is 0 Å². The third kappa shape index (κ3) is 4.34. The second-order valence-electron chi connectivity index (χ2n) is 11.0. The Kier molecular flexibility index (Phi) is 5.73. The summed E-state index contributed by atoms with van der Waals surface area (Å²) in [7, 11) is -1.68. The first-order valence-electron chi connectivity index (χ1n) is 10.1. The smallest absolute Gasteiger partial charge is 0.192 e. The van der Waals surface area contributed by atoms with Gasteiger partial charge in [0.2, 0.25) is 0 Å². The minimum absolute atomic E-state index is 0.260. The number of benzene rings is 1. The van der Waals surface area contributed by atoms with Crippen molar-refractivity contribution in [3.8, 4) is 0 Å². The van der Waals surface area contributed by atoms with Crippen molar-refractivity contribution in [2.24, 2.45) is 0 Å². The second kappa shape index (κ2) is 6.94. The highest BCUT2D eigenvalue weighted by Crippen LogP contribution is 2.46. The van der Waals surface area contributed by atoms with Crippen molar-refractivity contribution < 1.29 is 4.43 Å². The van der Waals surface area contributed by atoms with Gasteiger partial charge < -0.3 is 4.43 Å². The van der Waals surface area contributed by atoms with Crippen LogP contribution in [0.15, 0.2) is 24.3 Å². The number of hydrogen-bond acceptors (Lipinski definition) is 1. The largest absolute Gasteiger partial charge is 0.413 e. The summed E-state index contributed by atoms with van der Waals surface area (Å²) in [5, 5.41) is 0.260. The molecule has 0 spiro atoms. The molecule has 0 atom stereocenters. The van der Waals surface area contributed by atoms with Crippen molar-refractivity contribution >= 4 is 13.9 Å². The van der Waals surface area contributed by atoms with Gasteiger partial charge >= 0.3 is 0 Å². The topological polar surface area (TPSA) is 9.23 Å². The lowest BCUT2D eigenvalue weighted by atomic mass is 9.63. The molecule has 1 aliphatic rings. The molecule has 0 aromatic heterocycles. The molecule has 2 rings (SSSR count). The Hall–Kier alpha value is -0.863. The lowest BCUT2D eigenvalue weighted by molar-refractivity contribution is 0.328. The van der Waals surface area contributed by atoms with Gasteiger partial charge in [0.1, 0.15) is 0 Å². The van der Waals surface area contributed by atoms with E-state index in [0.717, 1.165) is 0 Å². The molecular weight excluding hydrogens is 332 g/mol. The monoisotopic (exact) mass is 372 g/mol. The van der Waals surface area contributed by atoms with Crippen LogP contribution in [-0.2, 0) is 15.3 Å². The lowest BCUT2D eigenvalue weighted by Gasteiger charge is -2.42. The fraction of sp³-hybridized carbons (Fsp3) is 0.667. The van der Waals surface area contributed by atoms with Crippen molar-refractivity contribution in [2.75, 3.05) is 6.61 Å². The van der Waals surface area contributed by atoms with Crippen LogP contribution in [0, 0.1) is 0 Å². The van der Waals surface area contributed by atoms with E-state index in [-0.39, 0.29) is 15.9 Å². The minimum atomic E-state index is -1.68. The van der Waals surface area contributed by atoms with Crippen LogP contribution in [0.1, 0.15) is 84.9 Å². The van der Waals surface area contributed by atoms with Gasteiger partial charge in [0.05, 0.1) is 6.61 Å². The van der Waals surface area contributed by atoms with Crippen molar-refractivity contribution in [1.82, 2.24) is 0 Å². The van der Waals surface area contributed by atoms with Gasteiger partial charge in [0.15, 0.2) is 8.32 Å². The summed E-state index contributed by atoms with van der Waals surface area (Å²) < 4.78 is 6.34. The highest BCUT2D eigenvalue weighted by Gasteiger charge is 2.37. The van der Waals surface area contributed by atoms with E-state index in [0.29, 0.717) is 6.61 Å². The molecule has 1 aromatic rings. The van der Waals surface area contributed by atoms with Crippen LogP contribution in [0.5, 0.6) is 0 Å². The van der Waals surface area contributed by atoms with Gasteiger partial charge in [-0.25, -0.2) is 0 Å². The van der Waals surface area contributed by atoms with E-state index >= 15 is 0 Å². The molecule has 0 unspecified atom stereocenters. The van der Waals surface area contributed by atoms with E-state index in [1.54, 1.807) is 0 Å². The van der Waals surface area contributed by atoms with Gasteiger partial charge in [-0.05, 0) is 71.0 Å². The van der Waals surface area contributed by atoms with Crippen LogP contribution in [0.2, 0.25) is 18.1 Å². The van der Waals surface area contributed by atoms with Gasteiger partial charge in [-0.3, -0.25) is 0 Å². The molecule has 0 saturated heterocycles. The molecule has 0 heterocycles. The predicted molar refractivity (Wildman–Crippen MR) is 119 cm³/mol. The summed E-state index contributed by atoms with van der Waals surface area (Å²) in [4.78, 5) is 0. The zero-order valence-electron chi connectivity index (χ0n) is 18.8. The fourth-order valence-electron chi connectivity index (χ4n) is 3.54. The van der Waals surface area contributed by atoms with Crippen LogP contribution in [0.3, 0.4) is 0 Å². The summed E-state index contributed by atoms with van der Waals surface area (Å²) in [6.45, 7) is 24.0. The summed E-state index contributed by atoms with van der Waals surface area (Å²) in [5.41, 5.74) is 6.27. The maximum absolute atomic E-state index is 6.34. The van der Waals surface area contributed by atoms with Crippen molar-refractivity contribution in [3.05, 3.63) is 41.0 Å². The molecule has 1 nitrogen and oxygen atoms in total. The second-order valence-corrected chi connectivity index (χ2v) is 15.8. The Bertz CT molecular complexity index is 687. The third-order valence-electron chi connectivity index (χ3n) is 6.95. The first kappa shape index (κ1) is 21.4. The van der Waals surface area contributed by atoms with Gasteiger partial charge in [-0.2, -0.15) is 0 Å². The van der Waals surface area contributed by atoms with Crippen molar-refractivity contribution in [3.63, 3.8) is 0 Å². The number of hydrogen-bond donors (Lipinski definition) is 0. The zero-order chi connectivity index (χ0) is 20.0. The lowest BCUT2D eigenvalue weighted by Crippen LogP contribution is -2.40. The van der Waals surface area contributed by atoms with Crippen LogP contribution < -0.4 is 0 Å². The molecule has 0 saturated carbocycles. The standard InChI is InChI=1S/C24H40OSi/c1-18(13-16-25-26(9,10)22(2,3)4)19-11-12-20-21(17-19)24(7,8)15-14-23(20,5)6/h11-13,17H,14-16H2,1-10H3. The zero-order valence-corrected chi connectivity index (χ0v) is 19.8. The van der Waals surface area contributed by atoms with E-state index in [4.69, 9.17) is 4.43 Å². The van der Waals surface area contributed by atoms with E-state index < -0.39 is 8.32 Å². The molecule has 0 amide bonds. The van der Waals surface area contributed by atoms with E-state index in [1.807, 2.05) is 0 Å². The Morgan fingerprint density at radius 2 is 1.58 bits per heavy atom. The predicted octanol–water partition coefficient (Wildman–Crippen LogP) is 7.46. The van der Waals surface area contributed by atoms with E-state index in [9.17, 15) is 0 Å². The summed E-state index contributed by atoms with van der Waals surface area (Å²) in [6, 6.07) is 7.12. The molecule has 2 heteroatoms. The van der Waals surface area contributed by atoms with Gasteiger partial charge in [0.25, 0.3) is 0 Å². The van der Waals surface area contributed by atoms with Crippen LogP contribution in [-0.4, -0.2) is 14.9 Å². The molecule has 26 heavy (non-hydrogen) atoms. The average molecular weight is 373 g/mol. The molecule has 0 bridgehead atoms. The molecule has 1 aliphatic carbocycles. The van der Waals surface area contributed by atoms with E-state index in [2.05, 4.69) is 92.8 Å². The molecule has 0 aliphatic heterocycles. The summed E-state index contributed by atoms with van der Waals surface area (Å²) in [6.07, 6.45) is 4.79. The normalized spacial score (nSPS) is 20.0. The first-order valence-corrected chi connectivity index (χ1v) is 13.0. The molecule has 0 fully saturated rings. The molecule has 1 aromatic carbocycles.